The number of hydrogen-bond acceptors (Lipinski definition) is 6. The number of rotatable bonds is 9. The molecule has 1 aromatic carbocycles. The molecule has 0 saturated heterocycles. The van der Waals surface area contributed by atoms with Crippen LogP contribution >= 0.6 is 27.5 Å². The third-order valence-electron chi connectivity index (χ3n) is 2.96. The minimum absolute atomic E-state index is 0.0317. The molecule has 1 rings (SSSR count). The number of hydrogen-bond donors (Lipinski definition) is 3. The van der Waals surface area contributed by atoms with E-state index in [0.29, 0.717) is 16.6 Å². The number of aromatic hydroxyl groups is 1. The first kappa shape index (κ1) is 20.6. The molecular weight excluding hydrogens is 402 g/mol. The van der Waals surface area contributed by atoms with E-state index in [1.54, 1.807) is 6.92 Å². The van der Waals surface area contributed by atoms with Gasteiger partial charge in [0.15, 0.2) is 0 Å². The summed E-state index contributed by atoms with van der Waals surface area (Å²) in [6, 6.07) is 2.13. The van der Waals surface area contributed by atoms with E-state index in [2.05, 4.69) is 26.6 Å². The van der Waals surface area contributed by atoms with Crippen molar-refractivity contribution < 1.29 is 24.1 Å². The van der Waals surface area contributed by atoms with Gasteiger partial charge in [0.05, 0.1) is 0 Å². The van der Waals surface area contributed by atoms with Crippen LogP contribution in [-0.2, 0) is 19.0 Å². The zero-order valence-corrected chi connectivity index (χ0v) is 15.3. The Balaban J connectivity index is 2.99. The first-order valence-electron chi connectivity index (χ1n) is 7.16. The maximum absolute atomic E-state index is 12.0. The van der Waals surface area contributed by atoms with Crippen LogP contribution in [0.4, 0.5) is 0 Å². The predicted octanol–water partition coefficient (Wildman–Crippen LogP) is 1.52. The molecule has 0 aliphatic heterocycles. The molecule has 7 nitrogen and oxygen atoms in total. The van der Waals surface area contributed by atoms with Crippen LogP contribution in [0.25, 0.3) is 0 Å². The second-order valence-corrected chi connectivity index (χ2v) is 6.04. The first-order chi connectivity index (χ1) is 11.4. The zero-order chi connectivity index (χ0) is 18.1. The Morgan fingerprint density at radius 2 is 2.17 bits per heavy atom. The number of ether oxygens (including phenoxy) is 1. The van der Waals surface area contributed by atoms with Gasteiger partial charge in [-0.3, -0.25) is 0 Å². The normalized spacial score (nSPS) is 11.5. The molecule has 0 spiro atoms. The Labute approximate surface area is 153 Å². The second-order valence-electron chi connectivity index (χ2n) is 4.75. The van der Waals surface area contributed by atoms with Crippen LogP contribution in [0.1, 0.15) is 24.9 Å². The van der Waals surface area contributed by atoms with E-state index < -0.39 is 17.9 Å². The summed E-state index contributed by atoms with van der Waals surface area (Å²) in [5.74, 6) is -1.10. The van der Waals surface area contributed by atoms with Crippen LogP contribution in [0.2, 0.25) is 5.02 Å². The Bertz CT molecular complexity index is 617. The van der Waals surface area contributed by atoms with E-state index in [-0.39, 0.29) is 37.3 Å². The Morgan fingerprint density at radius 1 is 1.46 bits per heavy atom. The molecule has 0 radical (unpaired) electrons. The SMILES string of the molecule is CCOC(=O)CC(NC(=O)CNCB=O)c1cc(Cl)cc(Br)c1O. The fourth-order valence-corrected chi connectivity index (χ4v) is 2.80. The molecule has 0 aromatic heterocycles. The van der Waals surface area contributed by atoms with Crippen molar-refractivity contribution in [3.05, 3.63) is 27.2 Å². The van der Waals surface area contributed by atoms with Gasteiger partial charge in [-0.2, -0.15) is 0 Å². The van der Waals surface area contributed by atoms with Crippen molar-refractivity contribution in [1.29, 1.82) is 0 Å². The molecule has 3 N–H and O–H groups in total. The molecular formula is C14H17BBrClN2O5. The fraction of sp³-hybridized carbons (Fsp3) is 0.429. The van der Waals surface area contributed by atoms with E-state index in [0.717, 1.165) is 0 Å². The maximum atomic E-state index is 12.0. The number of carbonyl (C=O) groups excluding carboxylic acids is 2. The number of phenols is 1. The molecule has 1 aromatic rings. The van der Waals surface area contributed by atoms with Gasteiger partial charge in [0.1, 0.15) is 0 Å². The summed E-state index contributed by atoms with van der Waals surface area (Å²) in [6.07, 6.45) is -0.141. The predicted molar refractivity (Wildman–Crippen MR) is 92.3 cm³/mol. The van der Waals surface area contributed by atoms with Crippen molar-refractivity contribution in [2.45, 2.75) is 19.4 Å². The van der Waals surface area contributed by atoms with Crippen molar-refractivity contribution in [1.82, 2.24) is 10.6 Å². The first-order valence-corrected chi connectivity index (χ1v) is 8.33. The second kappa shape index (κ2) is 10.4. The molecule has 0 aliphatic rings. The van der Waals surface area contributed by atoms with Gasteiger partial charge in [0.25, 0.3) is 0 Å². The summed E-state index contributed by atoms with van der Waals surface area (Å²) < 4.78 is 15.5. The van der Waals surface area contributed by atoms with Crippen LogP contribution in [-0.4, -0.2) is 43.7 Å². The fourth-order valence-electron chi connectivity index (χ4n) is 1.97. The van der Waals surface area contributed by atoms with Gasteiger partial charge in [-0.05, 0) is 0 Å². The summed E-state index contributed by atoms with van der Waals surface area (Å²) in [7, 11) is 0.628. The molecule has 1 unspecified atom stereocenters. The molecule has 0 saturated carbocycles. The molecule has 1 atom stereocenters. The standard InChI is InChI=1S/C14H17BBrClN2O5/c1-2-24-13(21)5-11(19-12(20)6-18-7-15-23)9-3-8(17)4-10(16)14(9)22/h3-4,11,18,22H,2,5-7H2,1H3,(H,19,20). The van der Waals surface area contributed by atoms with Gasteiger partial charge in [0.2, 0.25) is 0 Å². The van der Waals surface area contributed by atoms with Gasteiger partial charge in [-0.1, -0.05) is 0 Å². The van der Waals surface area contributed by atoms with Crippen LogP contribution in [0.15, 0.2) is 16.6 Å². The summed E-state index contributed by atoms with van der Waals surface area (Å²) in [5, 5.41) is 15.8. The van der Waals surface area contributed by atoms with Gasteiger partial charge in [-0.15, -0.1) is 0 Å². The summed E-state index contributed by atoms with van der Waals surface area (Å²) in [5.41, 5.74) is 0.283. The summed E-state index contributed by atoms with van der Waals surface area (Å²) in [6.45, 7) is 1.76. The molecule has 0 bridgehead atoms. The van der Waals surface area contributed by atoms with Gasteiger partial charge < -0.3 is 0 Å². The van der Waals surface area contributed by atoms with Crippen molar-refractivity contribution >= 4 is 46.6 Å². The number of nitrogens with one attached hydrogen (secondary N) is 2. The van der Waals surface area contributed by atoms with Crippen LogP contribution in [0.3, 0.4) is 0 Å². The number of benzene rings is 1. The summed E-state index contributed by atoms with van der Waals surface area (Å²) in [4.78, 5) is 23.7. The van der Waals surface area contributed by atoms with Crippen LogP contribution in [0, 0.1) is 0 Å². The van der Waals surface area contributed by atoms with E-state index in [9.17, 15) is 19.4 Å². The van der Waals surface area contributed by atoms with E-state index in [1.165, 1.54) is 12.1 Å². The number of carbonyl (C=O) groups is 2. The Hall–Kier alpha value is -1.45. The third kappa shape index (κ3) is 6.58. The minimum atomic E-state index is -0.829. The number of phenolic OH excluding ortho intramolecular Hbond substituents is 1. The Morgan fingerprint density at radius 3 is 2.79 bits per heavy atom. The number of amides is 1. The average Bonchev–Trinajstić information content (AvgIpc) is 2.50. The molecule has 130 valence electrons. The van der Waals surface area contributed by atoms with E-state index in [4.69, 9.17) is 16.3 Å². The molecule has 0 fully saturated rings. The molecule has 10 heteroatoms. The third-order valence-corrected chi connectivity index (χ3v) is 3.78. The van der Waals surface area contributed by atoms with Crippen LogP contribution in [0.5, 0.6) is 5.75 Å². The quantitative estimate of drug-likeness (QED) is 0.318. The monoisotopic (exact) mass is 418 g/mol. The van der Waals surface area contributed by atoms with E-state index in [1.807, 2.05) is 0 Å². The van der Waals surface area contributed by atoms with Crippen molar-refractivity contribution in [3.8, 4) is 5.75 Å². The average molecular weight is 419 g/mol. The van der Waals surface area contributed by atoms with Gasteiger partial charge in [0, 0.05) is 0 Å². The van der Waals surface area contributed by atoms with Crippen LogP contribution < -0.4 is 10.6 Å². The van der Waals surface area contributed by atoms with E-state index >= 15 is 0 Å². The Kier molecular flexibility index (Phi) is 8.95. The van der Waals surface area contributed by atoms with Crippen molar-refractivity contribution in [2.24, 2.45) is 0 Å². The number of halogens is 2. The van der Waals surface area contributed by atoms with Crippen molar-refractivity contribution in [3.63, 3.8) is 0 Å². The van der Waals surface area contributed by atoms with Gasteiger partial charge >= 0.3 is 153 Å². The molecule has 0 heterocycles. The van der Waals surface area contributed by atoms with Crippen molar-refractivity contribution in [2.75, 3.05) is 19.6 Å². The zero-order valence-electron chi connectivity index (χ0n) is 13.0. The topological polar surface area (TPSA) is 105 Å². The molecule has 24 heavy (non-hydrogen) atoms. The number of esters is 1. The molecule has 0 aliphatic carbocycles. The summed E-state index contributed by atoms with van der Waals surface area (Å²) >= 11 is 9.15. The van der Waals surface area contributed by atoms with Gasteiger partial charge in [-0.25, -0.2) is 0 Å². The molecule has 1 amide bonds.